The molecule has 10 heteroatoms. The van der Waals surface area contributed by atoms with Gasteiger partial charge in [-0.15, -0.1) is 0 Å². The molecule has 3 aromatic rings. The number of esters is 1. The van der Waals surface area contributed by atoms with Crippen molar-refractivity contribution < 1.29 is 29.3 Å². The molecule has 0 spiro atoms. The smallest absolute Gasteiger partial charge is 0.345 e. The molecule has 0 bridgehead atoms. The Kier molecular flexibility index (Phi) is 7.76. The van der Waals surface area contributed by atoms with Gasteiger partial charge in [-0.3, -0.25) is 4.79 Å². The second kappa shape index (κ2) is 10.7. The van der Waals surface area contributed by atoms with Gasteiger partial charge in [0.05, 0.1) is 29.0 Å². The van der Waals surface area contributed by atoms with Crippen LogP contribution in [0.25, 0.3) is 0 Å². The molecule has 3 N–H and O–H groups in total. The molecule has 0 saturated carbocycles. The predicted octanol–water partition coefficient (Wildman–Crippen LogP) is 4.79. The highest BCUT2D eigenvalue weighted by Gasteiger charge is 2.16. The third-order valence-electron chi connectivity index (χ3n) is 4.23. The number of phenolic OH excluding ortho intramolecular Hbond substituents is 2. The summed E-state index contributed by atoms with van der Waals surface area (Å²) < 4.78 is 11.0. The molecule has 0 unspecified atom stereocenters. The summed E-state index contributed by atoms with van der Waals surface area (Å²) >= 11 is 11.9. The Hall–Kier alpha value is -3.75. The molecule has 0 aliphatic carbocycles. The van der Waals surface area contributed by atoms with Crippen molar-refractivity contribution in [3.8, 4) is 23.0 Å². The second-order valence-corrected chi connectivity index (χ2v) is 7.40. The van der Waals surface area contributed by atoms with Crippen LogP contribution in [0.15, 0.2) is 59.7 Å². The van der Waals surface area contributed by atoms with Crippen LogP contribution in [0.3, 0.4) is 0 Å². The molecule has 3 aromatic carbocycles. The summed E-state index contributed by atoms with van der Waals surface area (Å²) in [5.74, 6) is -1.45. The molecule has 0 radical (unpaired) electrons. The SMILES string of the molecule is CCOc1cc(/C=N\NC(=O)c2ccc(O)cc2O)ccc1OC(=O)c1ccc(Cl)cc1Cl. The van der Waals surface area contributed by atoms with Gasteiger partial charge in [0.2, 0.25) is 0 Å². The van der Waals surface area contributed by atoms with E-state index in [1.54, 1.807) is 19.1 Å². The van der Waals surface area contributed by atoms with Gasteiger partial charge in [0, 0.05) is 11.1 Å². The summed E-state index contributed by atoms with van der Waals surface area (Å²) in [6.45, 7) is 2.08. The van der Waals surface area contributed by atoms with E-state index in [-0.39, 0.29) is 39.1 Å². The number of rotatable bonds is 7. The minimum Gasteiger partial charge on any atom is -0.508 e. The number of aromatic hydroxyl groups is 2. The van der Waals surface area contributed by atoms with Crippen LogP contribution in [-0.2, 0) is 0 Å². The molecule has 0 atom stereocenters. The first-order valence-corrected chi connectivity index (χ1v) is 10.3. The molecular formula is C23H18Cl2N2O6. The summed E-state index contributed by atoms with van der Waals surface area (Å²) in [6, 6.07) is 12.7. The van der Waals surface area contributed by atoms with Gasteiger partial charge in [-0.1, -0.05) is 23.2 Å². The van der Waals surface area contributed by atoms with E-state index >= 15 is 0 Å². The van der Waals surface area contributed by atoms with E-state index in [2.05, 4.69) is 10.5 Å². The van der Waals surface area contributed by atoms with Crippen molar-refractivity contribution in [1.29, 1.82) is 0 Å². The first-order valence-electron chi connectivity index (χ1n) is 9.58. The fourth-order valence-electron chi connectivity index (χ4n) is 2.71. The highest BCUT2D eigenvalue weighted by atomic mass is 35.5. The lowest BCUT2D eigenvalue weighted by Gasteiger charge is -2.12. The average Bonchev–Trinajstić information content (AvgIpc) is 2.75. The van der Waals surface area contributed by atoms with Crippen LogP contribution in [0, 0.1) is 0 Å². The highest BCUT2D eigenvalue weighted by molar-refractivity contribution is 6.36. The van der Waals surface area contributed by atoms with Crippen LogP contribution in [0.2, 0.25) is 10.0 Å². The Labute approximate surface area is 199 Å². The molecule has 170 valence electrons. The van der Waals surface area contributed by atoms with E-state index in [9.17, 15) is 19.8 Å². The Morgan fingerprint density at radius 3 is 2.45 bits per heavy atom. The number of hydrazone groups is 1. The molecule has 0 aliphatic rings. The van der Waals surface area contributed by atoms with Gasteiger partial charge in [-0.25, -0.2) is 10.2 Å². The number of hydrogen-bond acceptors (Lipinski definition) is 7. The largest absolute Gasteiger partial charge is 0.508 e. The molecule has 3 rings (SSSR count). The number of halogens is 2. The van der Waals surface area contributed by atoms with E-state index in [1.165, 1.54) is 42.6 Å². The molecule has 8 nitrogen and oxygen atoms in total. The molecule has 1 amide bonds. The van der Waals surface area contributed by atoms with Gasteiger partial charge >= 0.3 is 5.97 Å². The molecule has 0 aliphatic heterocycles. The summed E-state index contributed by atoms with van der Waals surface area (Å²) in [6.07, 6.45) is 1.35. The zero-order chi connectivity index (χ0) is 24.0. The summed E-state index contributed by atoms with van der Waals surface area (Å²) in [5, 5.41) is 23.4. The van der Waals surface area contributed by atoms with Gasteiger partial charge in [0.1, 0.15) is 11.5 Å². The Balaban J connectivity index is 1.73. The highest BCUT2D eigenvalue weighted by Crippen LogP contribution is 2.30. The van der Waals surface area contributed by atoms with Crippen LogP contribution in [0.5, 0.6) is 23.0 Å². The van der Waals surface area contributed by atoms with Gasteiger partial charge < -0.3 is 19.7 Å². The van der Waals surface area contributed by atoms with Gasteiger partial charge in [0.25, 0.3) is 5.91 Å². The molecule has 0 fully saturated rings. The van der Waals surface area contributed by atoms with E-state index in [0.717, 1.165) is 6.07 Å². The summed E-state index contributed by atoms with van der Waals surface area (Å²) in [4.78, 5) is 24.6. The number of carbonyl (C=O) groups excluding carboxylic acids is 2. The fourth-order valence-corrected chi connectivity index (χ4v) is 3.19. The number of phenols is 2. The molecule has 0 heterocycles. The summed E-state index contributed by atoms with van der Waals surface area (Å²) in [5.41, 5.74) is 2.91. The maximum absolute atomic E-state index is 12.5. The number of ether oxygens (including phenoxy) is 2. The minimum atomic E-state index is -0.681. The normalized spacial score (nSPS) is 10.8. The quantitative estimate of drug-likeness (QED) is 0.190. The van der Waals surface area contributed by atoms with Crippen molar-refractivity contribution >= 4 is 41.3 Å². The zero-order valence-electron chi connectivity index (χ0n) is 17.2. The first-order chi connectivity index (χ1) is 15.8. The van der Waals surface area contributed by atoms with Crippen molar-refractivity contribution in [2.75, 3.05) is 6.61 Å². The lowest BCUT2D eigenvalue weighted by molar-refractivity contribution is 0.0728. The second-order valence-electron chi connectivity index (χ2n) is 6.55. The van der Waals surface area contributed by atoms with Crippen molar-refractivity contribution in [2.45, 2.75) is 6.92 Å². The standard InChI is InChI=1S/C23H18Cl2N2O6/c1-2-32-21-9-13(12-26-27-22(30)17-7-5-15(28)11-19(17)29)3-8-20(21)33-23(31)16-6-4-14(24)10-18(16)25/h3-12,28-29H,2H2,1H3,(H,27,30)/b26-12-. The molecule has 33 heavy (non-hydrogen) atoms. The first kappa shape index (κ1) is 23.9. The predicted molar refractivity (Wildman–Crippen MR) is 124 cm³/mol. The molecule has 0 aromatic heterocycles. The molecular weight excluding hydrogens is 471 g/mol. The van der Waals surface area contributed by atoms with Gasteiger partial charge in [-0.05, 0) is 61.0 Å². The van der Waals surface area contributed by atoms with Crippen LogP contribution < -0.4 is 14.9 Å². The minimum absolute atomic E-state index is 0.0527. The monoisotopic (exact) mass is 488 g/mol. The van der Waals surface area contributed by atoms with E-state index in [0.29, 0.717) is 17.2 Å². The number of nitrogens with zero attached hydrogens (tertiary/aromatic N) is 1. The zero-order valence-corrected chi connectivity index (χ0v) is 18.7. The number of hydrogen-bond donors (Lipinski definition) is 3. The van der Waals surface area contributed by atoms with Crippen LogP contribution in [-0.4, -0.2) is 34.9 Å². The Bertz CT molecular complexity index is 1230. The number of nitrogens with one attached hydrogen (secondary N) is 1. The van der Waals surface area contributed by atoms with Crippen molar-refractivity contribution in [3.05, 3.63) is 81.3 Å². The third-order valence-corrected chi connectivity index (χ3v) is 4.77. The maximum atomic E-state index is 12.5. The fraction of sp³-hybridized carbons (Fsp3) is 0.0870. The summed E-state index contributed by atoms with van der Waals surface area (Å²) in [7, 11) is 0. The van der Waals surface area contributed by atoms with Crippen molar-refractivity contribution in [2.24, 2.45) is 5.10 Å². The topological polar surface area (TPSA) is 117 Å². The maximum Gasteiger partial charge on any atom is 0.345 e. The van der Waals surface area contributed by atoms with E-state index in [1.807, 2.05) is 0 Å². The van der Waals surface area contributed by atoms with Crippen LogP contribution >= 0.6 is 23.2 Å². The number of benzene rings is 3. The number of carbonyl (C=O) groups is 2. The lowest BCUT2D eigenvalue weighted by Crippen LogP contribution is -2.17. The van der Waals surface area contributed by atoms with Gasteiger partial charge in [0.15, 0.2) is 11.5 Å². The average molecular weight is 489 g/mol. The van der Waals surface area contributed by atoms with Crippen molar-refractivity contribution in [1.82, 2.24) is 5.43 Å². The van der Waals surface area contributed by atoms with Crippen LogP contribution in [0.1, 0.15) is 33.2 Å². The van der Waals surface area contributed by atoms with E-state index in [4.69, 9.17) is 32.7 Å². The Morgan fingerprint density at radius 1 is 1.00 bits per heavy atom. The van der Waals surface area contributed by atoms with Crippen LogP contribution in [0.4, 0.5) is 0 Å². The van der Waals surface area contributed by atoms with E-state index < -0.39 is 11.9 Å². The number of amides is 1. The molecule has 0 saturated heterocycles. The third kappa shape index (κ3) is 6.15. The Morgan fingerprint density at radius 2 is 1.76 bits per heavy atom. The lowest BCUT2D eigenvalue weighted by atomic mass is 10.2. The van der Waals surface area contributed by atoms with Crippen molar-refractivity contribution in [3.63, 3.8) is 0 Å². The van der Waals surface area contributed by atoms with Gasteiger partial charge in [-0.2, -0.15) is 5.10 Å².